The molecule has 0 aliphatic heterocycles. The van der Waals surface area contributed by atoms with Crippen molar-refractivity contribution in [2.24, 2.45) is 0 Å². The molecular formula is C14H16N2O. The van der Waals surface area contributed by atoms with Gasteiger partial charge in [0.15, 0.2) is 0 Å². The van der Waals surface area contributed by atoms with Gasteiger partial charge in [-0.05, 0) is 31.0 Å². The Bertz CT molecular complexity index is 503. The van der Waals surface area contributed by atoms with Gasteiger partial charge >= 0.3 is 0 Å². The molecule has 0 saturated heterocycles. The minimum atomic E-state index is 0.450. The van der Waals surface area contributed by atoms with Gasteiger partial charge in [-0.3, -0.25) is 0 Å². The Hall–Kier alpha value is -2.03. The van der Waals surface area contributed by atoms with Gasteiger partial charge in [-0.25, -0.2) is 4.98 Å². The van der Waals surface area contributed by atoms with Crippen LogP contribution in [0.1, 0.15) is 16.7 Å². The summed E-state index contributed by atoms with van der Waals surface area (Å²) in [7, 11) is 0. The molecule has 1 aromatic carbocycles. The van der Waals surface area contributed by atoms with Crippen molar-refractivity contribution in [1.29, 1.82) is 0 Å². The summed E-state index contributed by atoms with van der Waals surface area (Å²) in [5.41, 5.74) is 8.95. The lowest BCUT2D eigenvalue weighted by Gasteiger charge is -2.12. The van der Waals surface area contributed by atoms with Crippen LogP contribution in [-0.4, -0.2) is 4.98 Å². The van der Waals surface area contributed by atoms with Gasteiger partial charge in [0.2, 0.25) is 0 Å². The van der Waals surface area contributed by atoms with E-state index in [2.05, 4.69) is 4.98 Å². The Morgan fingerprint density at radius 1 is 1.12 bits per heavy atom. The number of nitrogens with zero attached hydrogens (tertiary/aromatic N) is 1. The van der Waals surface area contributed by atoms with Crippen LogP contribution in [0.4, 0.5) is 5.82 Å². The molecule has 1 heterocycles. The van der Waals surface area contributed by atoms with Crippen LogP contribution >= 0.6 is 0 Å². The number of nitrogen functional groups attached to an aromatic ring is 1. The van der Waals surface area contributed by atoms with Crippen molar-refractivity contribution in [1.82, 2.24) is 4.98 Å². The molecule has 3 nitrogen and oxygen atoms in total. The molecule has 2 rings (SSSR count). The zero-order chi connectivity index (χ0) is 12.3. The Morgan fingerprint density at radius 2 is 1.82 bits per heavy atom. The van der Waals surface area contributed by atoms with Gasteiger partial charge in [0.05, 0.1) is 0 Å². The molecule has 0 aliphatic rings. The molecule has 0 radical (unpaired) electrons. The summed E-state index contributed by atoms with van der Waals surface area (Å²) in [6.07, 6.45) is 1.68. The third kappa shape index (κ3) is 2.56. The summed E-state index contributed by atoms with van der Waals surface area (Å²) in [6, 6.07) is 9.88. The second-order valence-corrected chi connectivity index (χ2v) is 4.06. The quantitative estimate of drug-likeness (QED) is 0.878. The number of aromatic nitrogens is 1. The Kier molecular flexibility index (Phi) is 3.28. The lowest BCUT2D eigenvalue weighted by atomic mass is 10.1. The average molecular weight is 228 g/mol. The summed E-state index contributed by atoms with van der Waals surface area (Å²) in [5.74, 6) is 1.45. The van der Waals surface area contributed by atoms with Crippen molar-refractivity contribution in [2.75, 3.05) is 5.73 Å². The molecule has 3 heteroatoms. The zero-order valence-corrected chi connectivity index (χ0v) is 10.1. The van der Waals surface area contributed by atoms with E-state index in [1.165, 1.54) is 0 Å². The fraction of sp³-hybridized carbons (Fsp3) is 0.214. The molecule has 0 saturated carbocycles. The van der Waals surface area contributed by atoms with Gasteiger partial charge in [-0.2, -0.15) is 0 Å². The van der Waals surface area contributed by atoms with Crippen molar-refractivity contribution in [2.45, 2.75) is 20.5 Å². The summed E-state index contributed by atoms with van der Waals surface area (Å²) >= 11 is 0. The van der Waals surface area contributed by atoms with Gasteiger partial charge in [-0.1, -0.05) is 24.3 Å². The summed E-state index contributed by atoms with van der Waals surface area (Å²) in [5, 5.41) is 0. The molecule has 0 aliphatic carbocycles. The smallest absolute Gasteiger partial charge is 0.129 e. The first-order valence-corrected chi connectivity index (χ1v) is 5.57. The number of ether oxygens (including phenoxy) is 1. The molecule has 0 bridgehead atoms. The van der Waals surface area contributed by atoms with Gasteiger partial charge in [0, 0.05) is 11.8 Å². The summed E-state index contributed by atoms with van der Waals surface area (Å²) < 4.78 is 5.81. The number of hydrogen-bond acceptors (Lipinski definition) is 3. The fourth-order valence-electron chi connectivity index (χ4n) is 1.75. The van der Waals surface area contributed by atoms with Crippen molar-refractivity contribution in [3.63, 3.8) is 0 Å². The number of aryl methyl sites for hydroxylation is 2. The zero-order valence-electron chi connectivity index (χ0n) is 10.1. The minimum absolute atomic E-state index is 0.450. The van der Waals surface area contributed by atoms with Crippen molar-refractivity contribution in [3.05, 3.63) is 53.2 Å². The topological polar surface area (TPSA) is 48.1 Å². The van der Waals surface area contributed by atoms with Crippen LogP contribution < -0.4 is 10.5 Å². The SMILES string of the molecule is Cc1cccc(C)c1OCc1cccnc1N. The van der Waals surface area contributed by atoms with Gasteiger partial charge < -0.3 is 10.5 Å². The molecular weight excluding hydrogens is 212 g/mol. The predicted molar refractivity (Wildman–Crippen MR) is 68.9 cm³/mol. The van der Waals surface area contributed by atoms with Crippen LogP contribution in [0.15, 0.2) is 36.5 Å². The first-order chi connectivity index (χ1) is 8.18. The largest absolute Gasteiger partial charge is 0.488 e. The van der Waals surface area contributed by atoms with Gasteiger partial charge in [0.25, 0.3) is 0 Å². The second kappa shape index (κ2) is 4.87. The summed E-state index contributed by atoms with van der Waals surface area (Å²) in [6.45, 7) is 4.52. The van der Waals surface area contributed by atoms with Crippen LogP contribution in [0.5, 0.6) is 5.75 Å². The molecule has 0 spiro atoms. The highest BCUT2D eigenvalue weighted by atomic mass is 16.5. The van der Waals surface area contributed by atoms with Crippen molar-refractivity contribution in [3.8, 4) is 5.75 Å². The van der Waals surface area contributed by atoms with E-state index in [4.69, 9.17) is 10.5 Å². The van der Waals surface area contributed by atoms with E-state index in [0.717, 1.165) is 22.4 Å². The molecule has 0 atom stereocenters. The maximum atomic E-state index is 5.81. The number of rotatable bonds is 3. The third-order valence-electron chi connectivity index (χ3n) is 2.71. The van der Waals surface area contributed by atoms with E-state index in [1.807, 2.05) is 44.2 Å². The van der Waals surface area contributed by atoms with Gasteiger partial charge in [-0.15, -0.1) is 0 Å². The van der Waals surface area contributed by atoms with Crippen LogP contribution in [0.3, 0.4) is 0 Å². The number of pyridine rings is 1. The van der Waals surface area contributed by atoms with E-state index in [1.54, 1.807) is 6.20 Å². The Morgan fingerprint density at radius 3 is 2.47 bits per heavy atom. The minimum Gasteiger partial charge on any atom is -0.488 e. The highest BCUT2D eigenvalue weighted by molar-refractivity contribution is 5.41. The first-order valence-electron chi connectivity index (χ1n) is 5.57. The monoisotopic (exact) mass is 228 g/mol. The van der Waals surface area contributed by atoms with Gasteiger partial charge in [0.1, 0.15) is 18.2 Å². The van der Waals surface area contributed by atoms with Crippen LogP contribution in [0.25, 0.3) is 0 Å². The van der Waals surface area contributed by atoms with Crippen molar-refractivity contribution >= 4 is 5.82 Å². The molecule has 0 fully saturated rings. The highest BCUT2D eigenvalue weighted by Gasteiger charge is 2.05. The molecule has 0 unspecified atom stereocenters. The number of hydrogen-bond donors (Lipinski definition) is 1. The maximum absolute atomic E-state index is 5.81. The lowest BCUT2D eigenvalue weighted by Crippen LogP contribution is -2.03. The molecule has 2 N–H and O–H groups in total. The Balaban J connectivity index is 2.16. The normalized spacial score (nSPS) is 10.2. The molecule has 1 aromatic heterocycles. The fourth-order valence-corrected chi connectivity index (χ4v) is 1.75. The number of benzene rings is 1. The maximum Gasteiger partial charge on any atom is 0.129 e. The van der Waals surface area contributed by atoms with Crippen molar-refractivity contribution < 1.29 is 4.74 Å². The molecule has 0 amide bonds. The predicted octanol–water partition coefficient (Wildman–Crippen LogP) is 2.86. The summed E-state index contributed by atoms with van der Waals surface area (Å²) in [4.78, 5) is 4.03. The molecule has 88 valence electrons. The van der Waals surface area contributed by atoms with Crippen LogP contribution in [0.2, 0.25) is 0 Å². The lowest BCUT2D eigenvalue weighted by molar-refractivity contribution is 0.302. The highest BCUT2D eigenvalue weighted by Crippen LogP contribution is 2.23. The number of anilines is 1. The second-order valence-electron chi connectivity index (χ2n) is 4.06. The average Bonchev–Trinajstić information content (AvgIpc) is 2.30. The first kappa shape index (κ1) is 11.5. The van der Waals surface area contributed by atoms with E-state index in [-0.39, 0.29) is 0 Å². The molecule has 2 aromatic rings. The standard InChI is InChI=1S/C14H16N2O/c1-10-5-3-6-11(2)13(10)17-9-12-7-4-8-16-14(12)15/h3-8H,9H2,1-2H3,(H2,15,16). The molecule has 17 heavy (non-hydrogen) atoms. The van der Waals surface area contributed by atoms with Crippen LogP contribution in [0, 0.1) is 13.8 Å². The van der Waals surface area contributed by atoms with E-state index < -0.39 is 0 Å². The van der Waals surface area contributed by atoms with E-state index in [0.29, 0.717) is 12.4 Å². The number of para-hydroxylation sites is 1. The van der Waals surface area contributed by atoms with E-state index in [9.17, 15) is 0 Å². The van der Waals surface area contributed by atoms with Crippen LogP contribution in [-0.2, 0) is 6.61 Å². The van der Waals surface area contributed by atoms with E-state index >= 15 is 0 Å². The third-order valence-corrected chi connectivity index (χ3v) is 2.71. The Labute approximate surface area is 101 Å². The number of nitrogens with two attached hydrogens (primary N) is 1.